The number of nitriles is 1. The van der Waals surface area contributed by atoms with Crippen LogP contribution in [0.5, 0.6) is 0 Å². The van der Waals surface area contributed by atoms with Gasteiger partial charge in [0.2, 0.25) is 5.91 Å². The van der Waals surface area contributed by atoms with Crippen LogP contribution in [0.25, 0.3) is 0 Å². The van der Waals surface area contributed by atoms with Crippen LogP contribution in [0.2, 0.25) is 0 Å². The molecule has 1 aromatic rings. The molecule has 2 rings (SSSR count). The highest BCUT2D eigenvalue weighted by atomic mass is 16.6. The van der Waals surface area contributed by atoms with Gasteiger partial charge in [-0.1, -0.05) is 12.1 Å². The Morgan fingerprint density at radius 2 is 1.80 bits per heavy atom. The largest absolute Gasteiger partial charge is 0.444 e. The summed E-state index contributed by atoms with van der Waals surface area (Å²) in [6.45, 7) is 5.39. The van der Waals surface area contributed by atoms with Crippen molar-refractivity contribution in [1.29, 1.82) is 5.26 Å². The fraction of sp³-hybridized carbons (Fsp3) is 0.526. The van der Waals surface area contributed by atoms with Crippen molar-refractivity contribution < 1.29 is 14.3 Å². The van der Waals surface area contributed by atoms with Crippen LogP contribution in [0.3, 0.4) is 0 Å². The first kappa shape index (κ1) is 18.8. The molecule has 1 aromatic carbocycles. The zero-order valence-corrected chi connectivity index (χ0v) is 15.0. The van der Waals surface area contributed by atoms with E-state index in [1.165, 1.54) is 0 Å². The van der Waals surface area contributed by atoms with E-state index in [1.54, 1.807) is 45.0 Å². The molecule has 0 spiro atoms. The molecular formula is C19H25N3O3. The van der Waals surface area contributed by atoms with Crippen LogP contribution >= 0.6 is 0 Å². The maximum atomic E-state index is 12.2. The number of rotatable bonds is 4. The van der Waals surface area contributed by atoms with E-state index in [-0.39, 0.29) is 12.3 Å². The summed E-state index contributed by atoms with van der Waals surface area (Å²) in [6.07, 6.45) is 3.06. The van der Waals surface area contributed by atoms with Crippen molar-refractivity contribution in [2.45, 2.75) is 64.0 Å². The predicted molar refractivity (Wildman–Crippen MR) is 95.0 cm³/mol. The molecule has 2 amide bonds. The number of nitrogens with one attached hydrogen (secondary N) is 2. The highest BCUT2D eigenvalue weighted by Crippen LogP contribution is 2.29. The van der Waals surface area contributed by atoms with Gasteiger partial charge in [-0.2, -0.15) is 5.26 Å². The van der Waals surface area contributed by atoms with E-state index in [2.05, 4.69) is 16.7 Å². The van der Waals surface area contributed by atoms with Gasteiger partial charge >= 0.3 is 6.09 Å². The number of benzene rings is 1. The Balaban J connectivity index is 1.89. The number of anilines is 1. The number of nitrogens with zero attached hydrogens (tertiary/aromatic N) is 1. The lowest BCUT2D eigenvalue weighted by molar-refractivity contribution is -0.121. The molecule has 1 aliphatic carbocycles. The highest BCUT2D eigenvalue weighted by Gasteiger charge is 2.35. The lowest BCUT2D eigenvalue weighted by Crippen LogP contribution is -2.45. The molecule has 1 fully saturated rings. The smallest absolute Gasteiger partial charge is 0.412 e. The first-order valence-corrected chi connectivity index (χ1v) is 8.53. The summed E-state index contributed by atoms with van der Waals surface area (Å²) in [4.78, 5) is 23.9. The van der Waals surface area contributed by atoms with E-state index in [4.69, 9.17) is 4.74 Å². The number of hydrogen-bond acceptors (Lipinski definition) is 4. The van der Waals surface area contributed by atoms with Gasteiger partial charge in [-0.05, 0) is 64.2 Å². The third kappa shape index (κ3) is 5.79. The van der Waals surface area contributed by atoms with E-state index < -0.39 is 17.2 Å². The lowest BCUT2D eigenvalue weighted by Gasteiger charge is -2.22. The summed E-state index contributed by atoms with van der Waals surface area (Å²) in [5.41, 5.74) is 0.162. The van der Waals surface area contributed by atoms with Gasteiger partial charge in [-0.25, -0.2) is 4.79 Å². The number of hydrogen-bond donors (Lipinski definition) is 2. The van der Waals surface area contributed by atoms with Crippen molar-refractivity contribution in [1.82, 2.24) is 5.32 Å². The molecule has 1 saturated carbocycles. The SMILES string of the molecule is CC(C)(C)OC(=O)Nc1ccc(CC(=O)NC2(C#N)CCCC2)cc1. The van der Waals surface area contributed by atoms with Crippen LogP contribution in [0.4, 0.5) is 10.5 Å². The van der Waals surface area contributed by atoms with Crippen molar-refractivity contribution in [3.63, 3.8) is 0 Å². The Bertz CT molecular complexity index is 663. The second-order valence-electron chi connectivity index (χ2n) is 7.45. The van der Waals surface area contributed by atoms with E-state index in [1.807, 2.05) is 0 Å². The summed E-state index contributed by atoms with van der Waals surface area (Å²) in [7, 11) is 0. The van der Waals surface area contributed by atoms with Crippen LogP contribution in [0.15, 0.2) is 24.3 Å². The summed E-state index contributed by atoms with van der Waals surface area (Å²) >= 11 is 0. The number of amides is 2. The fourth-order valence-electron chi connectivity index (χ4n) is 2.87. The minimum absolute atomic E-state index is 0.156. The molecule has 6 nitrogen and oxygen atoms in total. The van der Waals surface area contributed by atoms with Crippen molar-refractivity contribution >= 4 is 17.7 Å². The Kier molecular flexibility index (Phi) is 5.68. The Labute approximate surface area is 148 Å². The molecule has 0 bridgehead atoms. The molecule has 1 aliphatic rings. The standard InChI is InChI=1S/C19H25N3O3/c1-18(2,3)25-17(24)21-15-8-6-14(7-9-15)12-16(23)22-19(13-20)10-4-5-11-19/h6-9H,4-5,10-12H2,1-3H3,(H,21,24)(H,22,23). The van der Waals surface area contributed by atoms with Gasteiger partial charge in [0.05, 0.1) is 12.5 Å². The fourth-order valence-corrected chi connectivity index (χ4v) is 2.87. The zero-order chi connectivity index (χ0) is 18.5. The minimum atomic E-state index is -0.699. The van der Waals surface area contributed by atoms with Crippen LogP contribution in [-0.4, -0.2) is 23.1 Å². The average Bonchev–Trinajstić information content (AvgIpc) is 2.96. The molecule has 2 N–H and O–H groups in total. The second-order valence-corrected chi connectivity index (χ2v) is 7.45. The van der Waals surface area contributed by atoms with Crippen LogP contribution in [-0.2, 0) is 16.0 Å². The lowest BCUT2D eigenvalue weighted by atomic mass is 9.99. The van der Waals surface area contributed by atoms with Gasteiger partial charge in [0.25, 0.3) is 0 Å². The third-order valence-corrected chi connectivity index (χ3v) is 4.01. The molecule has 0 heterocycles. The Morgan fingerprint density at radius 1 is 1.20 bits per heavy atom. The molecule has 0 radical (unpaired) electrons. The number of ether oxygens (including phenoxy) is 1. The van der Waals surface area contributed by atoms with Gasteiger partial charge in [0.1, 0.15) is 11.1 Å². The van der Waals surface area contributed by atoms with E-state index in [0.717, 1.165) is 18.4 Å². The molecule has 0 aliphatic heterocycles. The molecule has 25 heavy (non-hydrogen) atoms. The maximum Gasteiger partial charge on any atom is 0.412 e. The monoisotopic (exact) mass is 343 g/mol. The number of carbonyl (C=O) groups excluding carboxylic acids is 2. The third-order valence-electron chi connectivity index (χ3n) is 4.01. The van der Waals surface area contributed by atoms with Gasteiger partial charge in [0, 0.05) is 5.69 Å². The maximum absolute atomic E-state index is 12.2. The first-order valence-electron chi connectivity index (χ1n) is 8.53. The summed E-state index contributed by atoms with van der Waals surface area (Å²) in [5.74, 6) is -0.156. The molecule has 0 aromatic heterocycles. The van der Waals surface area contributed by atoms with Crippen molar-refractivity contribution in [2.75, 3.05) is 5.32 Å². The molecule has 6 heteroatoms. The molecule has 0 saturated heterocycles. The normalized spacial score (nSPS) is 15.9. The number of carbonyl (C=O) groups is 2. The van der Waals surface area contributed by atoms with Crippen molar-refractivity contribution in [2.24, 2.45) is 0 Å². The Hall–Kier alpha value is -2.55. The van der Waals surface area contributed by atoms with Gasteiger partial charge in [-0.15, -0.1) is 0 Å². The summed E-state index contributed by atoms with van der Waals surface area (Å²) in [6, 6.07) is 9.25. The minimum Gasteiger partial charge on any atom is -0.444 e. The van der Waals surface area contributed by atoms with Crippen LogP contribution < -0.4 is 10.6 Å². The van der Waals surface area contributed by atoms with Gasteiger partial charge in [-0.3, -0.25) is 10.1 Å². The molecule has 0 unspecified atom stereocenters. The highest BCUT2D eigenvalue weighted by molar-refractivity contribution is 5.85. The molecule has 0 atom stereocenters. The van der Waals surface area contributed by atoms with Crippen molar-refractivity contribution in [3.05, 3.63) is 29.8 Å². The van der Waals surface area contributed by atoms with E-state index >= 15 is 0 Å². The predicted octanol–water partition coefficient (Wildman–Crippen LogP) is 3.53. The van der Waals surface area contributed by atoms with Crippen LogP contribution in [0.1, 0.15) is 52.0 Å². The Morgan fingerprint density at radius 3 is 2.32 bits per heavy atom. The first-order chi connectivity index (χ1) is 11.7. The zero-order valence-electron chi connectivity index (χ0n) is 15.0. The molecular weight excluding hydrogens is 318 g/mol. The molecule has 134 valence electrons. The van der Waals surface area contributed by atoms with Crippen LogP contribution in [0, 0.1) is 11.3 Å². The average molecular weight is 343 g/mol. The second kappa shape index (κ2) is 7.56. The topological polar surface area (TPSA) is 91.2 Å². The summed E-state index contributed by atoms with van der Waals surface area (Å²) < 4.78 is 5.19. The van der Waals surface area contributed by atoms with E-state index in [0.29, 0.717) is 18.5 Å². The van der Waals surface area contributed by atoms with Gasteiger partial charge in [0.15, 0.2) is 0 Å². The van der Waals surface area contributed by atoms with Gasteiger partial charge < -0.3 is 10.1 Å². The summed E-state index contributed by atoms with van der Waals surface area (Å²) in [5, 5.41) is 14.8. The quantitative estimate of drug-likeness (QED) is 0.875. The van der Waals surface area contributed by atoms with E-state index in [9.17, 15) is 14.9 Å². The van der Waals surface area contributed by atoms with Crippen molar-refractivity contribution in [3.8, 4) is 6.07 Å².